The number of benzene rings is 2. The highest BCUT2D eigenvalue weighted by molar-refractivity contribution is 6.30. The molecule has 1 spiro atoms. The molecule has 0 aromatic heterocycles. The number of piperidine rings is 1. The smallest absolute Gasteiger partial charge is 0.219 e. The van der Waals surface area contributed by atoms with E-state index in [2.05, 4.69) is 5.32 Å². The third kappa shape index (κ3) is 4.16. The van der Waals surface area contributed by atoms with Gasteiger partial charge < -0.3 is 14.7 Å². The Kier molecular flexibility index (Phi) is 5.71. The van der Waals surface area contributed by atoms with Gasteiger partial charge in [-0.3, -0.25) is 15.1 Å². The summed E-state index contributed by atoms with van der Waals surface area (Å²) in [7, 11) is 1.65. The second kappa shape index (κ2) is 8.28. The molecule has 2 aliphatic heterocycles. The summed E-state index contributed by atoms with van der Waals surface area (Å²) in [6.45, 7) is 2.90. The number of phenols is 1. The fourth-order valence-corrected chi connectivity index (χ4v) is 4.49. The van der Waals surface area contributed by atoms with Gasteiger partial charge in [-0.05, 0) is 48.0 Å². The van der Waals surface area contributed by atoms with Gasteiger partial charge in [-0.1, -0.05) is 11.6 Å². The van der Waals surface area contributed by atoms with Crippen LogP contribution in [-0.4, -0.2) is 47.5 Å². The number of carbonyl (C=O) groups is 1. The Balaban J connectivity index is 1.71. The molecule has 1 saturated heterocycles. The highest BCUT2D eigenvalue weighted by Crippen LogP contribution is 2.38. The normalized spacial score (nSPS) is 20.7. The monoisotopic (exact) mass is 427 g/mol. The highest BCUT2D eigenvalue weighted by atomic mass is 35.5. The van der Waals surface area contributed by atoms with Crippen molar-refractivity contribution < 1.29 is 14.6 Å². The molecule has 0 aliphatic carbocycles. The van der Waals surface area contributed by atoms with Gasteiger partial charge >= 0.3 is 0 Å². The summed E-state index contributed by atoms with van der Waals surface area (Å²) in [5.41, 5.74) is 2.27. The summed E-state index contributed by atoms with van der Waals surface area (Å²) in [5.74, 6) is 1.09. The van der Waals surface area contributed by atoms with E-state index >= 15 is 0 Å². The van der Waals surface area contributed by atoms with Crippen molar-refractivity contribution in [1.29, 1.82) is 0 Å². The van der Waals surface area contributed by atoms with Gasteiger partial charge in [0.2, 0.25) is 5.91 Å². The molecule has 6 nitrogen and oxygen atoms in total. The molecule has 1 unspecified atom stereocenters. The second-order valence-corrected chi connectivity index (χ2v) is 8.37. The number of hydrogen-bond donors (Lipinski definition) is 2. The van der Waals surface area contributed by atoms with Gasteiger partial charge in [0.15, 0.2) is 0 Å². The van der Waals surface area contributed by atoms with E-state index in [-0.39, 0.29) is 17.7 Å². The molecule has 0 radical (unpaired) electrons. The zero-order chi connectivity index (χ0) is 21.3. The Morgan fingerprint density at radius 3 is 2.57 bits per heavy atom. The van der Waals surface area contributed by atoms with Gasteiger partial charge in [0.1, 0.15) is 17.2 Å². The molecular formula is C23H26ClN3O3. The van der Waals surface area contributed by atoms with Crippen molar-refractivity contribution in [2.45, 2.75) is 37.9 Å². The molecule has 30 heavy (non-hydrogen) atoms. The lowest BCUT2D eigenvalue weighted by Crippen LogP contribution is -2.56. The molecule has 0 bridgehead atoms. The average Bonchev–Trinajstić information content (AvgIpc) is 2.75. The second-order valence-electron chi connectivity index (χ2n) is 7.93. The third-order valence-corrected chi connectivity index (χ3v) is 6.25. The molecular weight excluding hydrogens is 402 g/mol. The van der Waals surface area contributed by atoms with Crippen LogP contribution in [0.4, 0.5) is 0 Å². The molecule has 4 rings (SSSR count). The highest BCUT2D eigenvalue weighted by Gasteiger charge is 2.41. The number of likely N-dealkylation sites (tertiary alicyclic amines) is 1. The van der Waals surface area contributed by atoms with Crippen LogP contribution in [0.3, 0.4) is 0 Å². The Labute approximate surface area is 181 Å². The quantitative estimate of drug-likeness (QED) is 0.778. The van der Waals surface area contributed by atoms with Crippen LogP contribution in [-0.2, 0) is 4.79 Å². The first-order chi connectivity index (χ1) is 14.4. The number of halogens is 1. The number of methoxy groups -OCH3 is 1. The Hall–Kier alpha value is -2.57. The van der Waals surface area contributed by atoms with Crippen LogP contribution in [0.2, 0.25) is 5.02 Å². The van der Waals surface area contributed by atoms with Crippen molar-refractivity contribution in [2.24, 2.45) is 4.99 Å². The molecule has 2 aromatic carbocycles. The molecule has 7 heteroatoms. The van der Waals surface area contributed by atoms with Gasteiger partial charge in [-0.2, -0.15) is 0 Å². The molecule has 2 heterocycles. The number of rotatable bonds is 3. The topological polar surface area (TPSA) is 74.2 Å². The van der Waals surface area contributed by atoms with Crippen molar-refractivity contribution in [1.82, 2.24) is 10.2 Å². The number of aromatic hydroxyl groups is 1. The summed E-state index contributed by atoms with van der Waals surface area (Å²) in [4.78, 5) is 18.8. The summed E-state index contributed by atoms with van der Waals surface area (Å²) in [6.07, 6.45) is 2.05. The van der Waals surface area contributed by atoms with Crippen LogP contribution in [0.25, 0.3) is 0 Å². The fraction of sp³-hybridized carbons (Fsp3) is 0.391. The Morgan fingerprint density at radius 2 is 1.93 bits per heavy atom. The standard InChI is InChI=1S/C23H26ClN3O3/c1-15(28)27-11-9-23(10-12-27)25-20(16-3-6-18(30-2)7-4-16)14-21(26-23)19-13-17(24)5-8-22(19)29/h3-8,13,21,26,29H,9-12,14H2,1-2H3. The van der Waals surface area contributed by atoms with Crippen molar-refractivity contribution in [2.75, 3.05) is 20.2 Å². The van der Waals surface area contributed by atoms with Crippen molar-refractivity contribution in [3.8, 4) is 11.5 Å². The maximum Gasteiger partial charge on any atom is 0.219 e. The lowest BCUT2D eigenvalue weighted by atomic mass is 9.87. The third-order valence-electron chi connectivity index (χ3n) is 6.01. The number of carbonyl (C=O) groups excluding carboxylic acids is 1. The number of hydrogen-bond acceptors (Lipinski definition) is 5. The molecule has 2 aromatic rings. The first-order valence-electron chi connectivity index (χ1n) is 10.1. The van der Waals surface area contributed by atoms with Crippen molar-refractivity contribution in [3.05, 3.63) is 58.6 Å². The van der Waals surface area contributed by atoms with Crippen LogP contribution in [0.1, 0.15) is 43.4 Å². The summed E-state index contributed by atoms with van der Waals surface area (Å²) < 4.78 is 5.28. The van der Waals surface area contributed by atoms with E-state index in [1.54, 1.807) is 26.2 Å². The lowest BCUT2D eigenvalue weighted by molar-refractivity contribution is -0.130. The van der Waals surface area contributed by atoms with Crippen LogP contribution < -0.4 is 10.1 Å². The summed E-state index contributed by atoms with van der Waals surface area (Å²) in [5, 5.41) is 14.8. The molecule has 158 valence electrons. The van der Waals surface area contributed by atoms with E-state index in [1.807, 2.05) is 35.2 Å². The van der Waals surface area contributed by atoms with Gasteiger partial charge in [0, 0.05) is 61.6 Å². The summed E-state index contributed by atoms with van der Waals surface area (Å²) >= 11 is 6.23. The van der Waals surface area contributed by atoms with E-state index in [1.165, 1.54) is 0 Å². The number of nitrogens with one attached hydrogen (secondary N) is 1. The average molecular weight is 428 g/mol. The van der Waals surface area contributed by atoms with Gasteiger partial charge in [-0.15, -0.1) is 0 Å². The number of phenolic OH excluding ortho intramolecular Hbond substituents is 1. The van der Waals surface area contributed by atoms with E-state index in [0.717, 1.165) is 22.6 Å². The maximum absolute atomic E-state index is 11.8. The molecule has 1 fully saturated rings. The minimum Gasteiger partial charge on any atom is -0.508 e. The van der Waals surface area contributed by atoms with Gasteiger partial charge in [0.25, 0.3) is 0 Å². The van der Waals surface area contributed by atoms with Crippen LogP contribution in [0.5, 0.6) is 11.5 Å². The van der Waals surface area contributed by atoms with Gasteiger partial charge in [0.05, 0.1) is 7.11 Å². The fourth-order valence-electron chi connectivity index (χ4n) is 4.31. The predicted octanol–water partition coefficient (Wildman–Crippen LogP) is 3.92. The molecule has 2 aliphatic rings. The zero-order valence-corrected chi connectivity index (χ0v) is 17.9. The number of ether oxygens (including phenoxy) is 1. The molecule has 1 amide bonds. The number of aliphatic imine (C=N–C) groups is 1. The number of amides is 1. The number of nitrogens with zero attached hydrogens (tertiary/aromatic N) is 2. The minimum absolute atomic E-state index is 0.0871. The minimum atomic E-state index is -0.487. The SMILES string of the molecule is COc1ccc(C2=NC3(CCN(C(C)=O)CC3)NC(c3cc(Cl)ccc3O)C2)cc1. The van der Waals surface area contributed by atoms with Crippen LogP contribution in [0, 0.1) is 0 Å². The van der Waals surface area contributed by atoms with Gasteiger partial charge in [-0.25, -0.2) is 0 Å². The summed E-state index contributed by atoms with van der Waals surface area (Å²) in [6, 6.07) is 12.9. The Morgan fingerprint density at radius 1 is 1.23 bits per heavy atom. The van der Waals surface area contributed by atoms with Crippen LogP contribution >= 0.6 is 11.6 Å². The van der Waals surface area contributed by atoms with E-state index in [0.29, 0.717) is 37.4 Å². The van der Waals surface area contributed by atoms with Crippen molar-refractivity contribution in [3.63, 3.8) is 0 Å². The van der Waals surface area contributed by atoms with E-state index < -0.39 is 5.66 Å². The molecule has 0 saturated carbocycles. The molecule has 1 atom stereocenters. The largest absolute Gasteiger partial charge is 0.508 e. The Bertz CT molecular complexity index is 966. The first kappa shape index (κ1) is 20.7. The van der Waals surface area contributed by atoms with Crippen molar-refractivity contribution >= 4 is 23.2 Å². The molecule has 2 N–H and O–H groups in total. The van der Waals surface area contributed by atoms with E-state index in [9.17, 15) is 9.90 Å². The van der Waals surface area contributed by atoms with E-state index in [4.69, 9.17) is 21.3 Å². The maximum atomic E-state index is 11.8. The first-order valence-corrected chi connectivity index (χ1v) is 10.5. The lowest BCUT2D eigenvalue weighted by Gasteiger charge is -2.45. The van der Waals surface area contributed by atoms with Crippen LogP contribution in [0.15, 0.2) is 47.5 Å². The predicted molar refractivity (Wildman–Crippen MR) is 117 cm³/mol. The zero-order valence-electron chi connectivity index (χ0n) is 17.2.